The number of aromatic nitrogens is 2. The van der Waals surface area contributed by atoms with Gasteiger partial charge in [-0.25, -0.2) is 4.98 Å². The van der Waals surface area contributed by atoms with Gasteiger partial charge in [-0.3, -0.25) is 9.59 Å². The molecule has 0 fully saturated rings. The predicted octanol–water partition coefficient (Wildman–Crippen LogP) is 5.52. The lowest BCUT2D eigenvalue weighted by Gasteiger charge is -2.34. The maximum absolute atomic E-state index is 13.5. The molecule has 2 aromatic carbocycles. The number of aryl methyl sites for hydroxylation is 1. The van der Waals surface area contributed by atoms with Gasteiger partial charge in [-0.05, 0) is 49.6 Å². The van der Waals surface area contributed by atoms with Crippen LogP contribution in [-0.2, 0) is 0 Å². The van der Waals surface area contributed by atoms with Crippen molar-refractivity contribution in [1.82, 2.24) is 14.9 Å². The third-order valence-electron chi connectivity index (χ3n) is 5.25. The minimum atomic E-state index is -0.360. The summed E-state index contributed by atoms with van der Waals surface area (Å²) >= 11 is 6.12. The van der Waals surface area contributed by atoms with Gasteiger partial charge in [0.05, 0.1) is 16.9 Å². The number of carbonyl (C=O) groups is 1. The summed E-state index contributed by atoms with van der Waals surface area (Å²) in [5, 5.41) is 1.00. The zero-order valence-electron chi connectivity index (χ0n) is 17.9. The van der Waals surface area contributed by atoms with Crippen molar-refractivity contribution in [3.8, 4) is 0 Å². The Morgan fingerprint density at radius 2 is 1.87 bits per heavy atom. The first-order valence-corrected chi connectivity index (χ1v) is 10.8. The van der Waals surface area contributed by atoms with Crippen molar-refractivity contribution in [2.45, 2.75) is 46.6 Å². The van der Waals surface area contributed by atoms with E-state index in [1.165, 1.54) is 0 Å². The second-order valence-corrected chi connectivity index (χ2v) is 8.46. The maximum atomic E-state index is 13.5. The molecular formula is C24H28ClN3O2. The van der Waals surface area contributed by atoms with E-state index in [1.807, 2.05) is 49.9 Å². The van der Waals surface area contributed by atoms with Crippen LogP contribution in [0.15, 0.2) is 47.3 Å². The Bertz CT molecular complexity index is 1090. The number of halogens is 1. The Balaban J connectivity index is 2.10. The Hall–Kier alpha value is -2.66. The second kappa shape index (κ2) is 9.43. The molecule has 0 aliphatic carbocycles. The van der Waals surface area contributed by atoms with Gasteiger partial charge in [-0.15, -0.1) is 0 Å². The Kier molecular flexibility index (Phi) is 6.93. The molecule has 158 valence electrons. The van der Waals surface area contributed by atoms with E-state index >= 15 is 0 Å². The monoisotopic (exact) mass is 425 g/mol. The summed E-state index contributed by atoms with van der Waals surface area (Å²) in [6, 6.07) is 12.3. The second-order valence-electron chi connectivity index (χ2n) is 8.02. The van der Waals surface area contributed by atoms with E-state index in [-0.39, 0.29) is 23.4 Å². The molecule has 1 atom stereocenters. The summed E-state index contributed by atoms with van der Waals surface area (Å²) in [7, 11) is 0. The van der Waals surface area contributed by atoms with Crippen LogP contribution in [0.4, 0.5) is 0 Å². The molecule has 1 aromatic heterocycles. The molecule has 0 aliphatic rings. The highest BCUT2D eigenvalue weighted by Gasteiger charge is 2.30. The summed E-state index contributed by atoms with van der Waals surface area (Å²) in [6.07, 6.45) is 1.82. The SMILES string of the molecule is CCCCN(C(=O)c1ccc(C)cc1)[C@@H](c1nc2cc(Cl)ccc2c(=O)[nH]1)C(C)C. The van der Waals surface area contributed by atoms with Crippen molar-refractivity contribution in [1.29, 1.82) is 0 Å². The molecule has 6 heteroatoms. The van der Waals surface area contributed by atoms with Crippen LogP contribution in [0.2, 0.25) is 5.02 Å². The number of rotatable bonds is 7. The van der Waals surface area contributed by atoms with Crippen molar-refractivity contribution in [2.24, 2.45) is 5.92 Å². The largest absolute Gasteiger partial charge is 0.328 e. The van der Waals surface area contributed by atoms with Crippen LogP contribution in [0.25, 0.3) is 10.9 Å². The number of unbranched alkanes of at least 4 members (excludes halogenated alkanes) is 1. The van der Waals surface area contributed by atoms with Gasteiger partial charge < -0.3 is 9.88 Å². The minimum absolute atomic E-state index is 0.0519. The molecule has 0 aliphatic heterocycles. The molecule has 1 N–H and O–H groups in total. The van der Waals surface area contributed by atoms with E-state index in [1.54, 1.807) is 18.2 Å². The van der Waals surface area contributed by atoms with Gasteiger partial charge in [0.15, 0.2) is 0 Å². The van der Waals surface area contributed by atoms with E-state index < -0.39 is 0 Å². The highest BCUT2D eigenvalue weighted by atomic mass is 35.5. The van der Waals surface area contributed by atoms with E-state index in [9.17, 15) is 9.59 Å². The van der Waals surface area contributed by atoms with Crippen LogP contribution in [0.5, 0.6) is 0 Å². The number of fused-ring (bicyclic) bond motifs is 1. The van der Waals surface area contributed by atoms with Crippen molar-refractivity contribution in [3.63, 3.8) is 0 Å². The van der Waals surface area contributed by atoms with Gasteiger partial charge in [0.1, 0.15) is 5.82 Å². The van der Waals surface area contributed by atoms with Crippen LogP contribution < -0.4 is 5.56 Å². The van der Waals surface area contributed by atoms with Crippen LogP contribution in [0.3, 0.4) is 0 Å². The number of benzene rings is 2. The molecule has 3 rings (SSSR count). The molecule has 0 spiro atoms. The molecule has 1 amide bonds. The zero-order valence-corrected chi connectivity index (χ0v) is 18.7. The normalized spacial score (nSPS) is 12.3. The van der Waals surface area contributed by atoms with Gasteiger partial charge in [0, 0.05) is 17.1 Å². The smallest absolute Gasteiger partial charge is 0.258 e. The minimum Gasteiger partial charge on any atom is -0.328 e. The Labute approximate surface area is 182 Å². The van der Waals surface area contributed by atoms with E-state index in [0.717, 1.165) is 18.4 Å². The fourth-order valence-electron chi connectivity index (χ4n) is 3.65. The average molecular weight is 426 g/mol. The molecule has 5 nitrogen and oxygen atoms in total. The summed E-state index contributed by atoms with van der Waals surface area (Å²) in [5.41, 5.74) is 2.04. The highest BCUT2D eigenvalue weighted by Crippen LogP contribution is 2.29. The van der Waals surface area contributed by atoms with Gasteiger partial charge in [0.2, 0.25) is 0 Å². The third kappa shape index (κ3) is 4.73. The summed E-state index contributed by atoms with van der Waals surface area (Å²) in [4.78, 5) is 35.6. The van der Waals surface area contributed by atoms with Crippen molar-refractivity contribution < 1.29 is 4.79 Å². The van der Waals surface area contributed by atoms with Crippen molar-refractivity contribution in [3.05, 3.63) is 74.8 Å². The Morgan fingerprint density at radius 1 is 1.17 bits per heavy atom. The van der Waals surface area contributed by atoms with Gasteiger partial charge in [0.25, 0.3) is 11.5 Å². The van der Waals surface area contributed by atoms with Gasteiger partial charge in [-0.1, -0.05) is 56.5 Å². The Morgan fingerprint density at radius 3 is 2.50 bits per heavy atom. The molecule has 0 radical (unpaired) electrons. The first-order chi connectivity index (χ1) is 14.3. The number of carbonyl (C=O) groups excluding carboxylic acids is 1. The van der Waals surface area contributed by atoms with Crippen LogP contribution in [0, 0.1) is 12.8 Å². The molecule has 0 saturated carbocycles. The topological polar surface area (TPSA) is 66.1 Å². The number of hydrogen-bond donors (Lipinski definition) is 1. The quantitative estimate of drug-likeness (QED) is 0.541. The van der Waals surface area contributed by atoms with Crippen molar-refractivity contribution >= 4 is 28.4 Å². The lowest BCUT2D eigenvalue weighted by Crippen LogP contribution is -2.39. The molecular weight excluding hydrogens is 398 g/mol. The van der Waals surface area contributed by atoms with E-state index in [2.05, 4.69) is 11.9 Å². The highest BCUT2D eigenvalue weighted by molar-refractivity contribution is 6.31. The standard InChI is InChI=1S/C24H28ClN3O2/c1-5-6-13-28(24(30)17-9-7-16(4)8-10-17)21(15(2)3)22-26-20-14-18(25)11-12-19(20)23(29)27-22/h7-12,14-15,21H,5-6,13H2,1-4H3,(H,26,27,29)/t21-/m1/s1. The fraction of sp³-hybridized carbons (Fsp3) is 0.375. The van der Waals surface area contributed by atoms with Crippen LogP contribution in [0.1, 0.15) is 61.4 Å². The molecule has 1 heterocycles. The number of nitrogens with zero attached hydrogens (tertiary/aromatic N) is 2. The lowest BCUT2D eigenvalue weighted by atomic mass is 9.99. The van der Waals surface area contributed by atoms with Gasteiger partial charge in [-0.2, -0.15) is 0 Å². The number of amides is 1. The number of hydrogen-bond acceptors (Lipinski definition) is 3. The zero-order chi connectivity index (χ0) is 21.8. The first kappa shape index (κ1) is 22.0. The van der Waals surface area contributed by atoms with Crippen molar-refractivity contribution in [2.75, 3.05) is 6.54 Å². The molecule has 0 bridgehead atoms. The van der Waals surface area contributed by atoms with Crippen LogP contribution >= 0.6 is 11.6 Å². The third-order valence-corrected chi connectivity index (χ3v) is 5.48. The first-order valence-electron chi connectivity index (χ1n) is 10.4. The fourth-order valence-corrected chi connectivity index (χ4v) is 3.82. The maximum Gasteiger partial charge on any atom is 0.258 e. The summed E-state index contributed by atoms with van der Waals surface area (Å²) < 4.78 is 0. The molecule has 0 saturated heterocycles. The molecule has 0 unspecified atom stereocenters. The summed E-state index contributed by atoms with van der Waals surface area (Å²) in [5.74, 6) is 0.480. The molecule has 30 heavy (non-hydrogen) atoms. The average Bonchev–Trinajstić information content (AvgIpc) is 2.70. The number of aromatic amines is 1. The molecule has 3 aromatic rings. The van der Waals surface area contributed by atoms with Gasteiger partial charge >= 0.3 is 0 Å². The van der Waals surface area contributed by atoms with Crippen LogP contribution in [-0.4, -0.2) is 27.3 Å². The predicted molar refractivity (Wildman–Crippen MR) is 122 cm³/mol. The van der Waals surface area contributed by atoms with E-state index in [0.29, 0.717) is 33.9 Å². The number of nitrogens with one attached hydrogen (secondary N) is 1. The van der Waals surface area contributed by atoms with E-state index in [4.69, 9.17) is 16.6 Å². The lowest BCUT2D eigenvalue weighted by molar-refractivity contribution is 0.0607. The summed E-state index contributed by atoms with van der Waals surface area (Å²) in [6.45, 7) is 8.75. The number of H-pyrrole nitrogens is 1.